The van der Waals surface area contributed by atoms with Crippen LogP contribution in [0.25, 0.3) is 22.3 Å². The van der Waals surface area contributed by atoms with Gasteiger partial charge in [0, 0.05) is 11.8 Å². The molecule has 6 heteroatoms. The van der Waals surface area contributed by atoms with Crippen molar-refractivity contribution in [1.82, 2.24) is 0 Å². The first-order valence-corrected chi connectivity index (χ1v) is 21.5. The maximum atomic E-state index is 4.93. The Balaban J connectivity index is -0.000000784. The molecule has 4 aliphatic carbocycles. The molecule has 0 N–H and O–H groups in total. The molecule has 8 rings (SSSR count). The SMILES string of the molecule is CC1=[C-]C(C)(C)C(C)=C1C.[C-]1=CC=CC1.[CH3-].[CH3-].[CH3-].[CH3-].[Cl-].[Cl-].[Cl][Zr][Cl].[Zr+3].c1ccc2c(c1)-c1ccccc1C2C1c2ccccc2-c2ccccc21. The normalized spacial score (nSPS) is 14.1. The van der Waals surface area contributed by atoms with Gasteiger partial charge in [-0.15, -0.1) is 13.3 Å². The van der Waals surface area contributed by atoms with Gasteiger partial charge in [-0.1, -0.05) is 130 Å². The van der Waals surface area contributed by atoms with Crippen LogP contribution >= 0.6 is 17.0 Å². The number of benzene rings is 4. The van der Waals surface area contributed by atoms with Crippen molar-refractivity contribution in [2.75, 3.05) is 0 Å². The van der Waals surface area contributed by atoms with E-state index in [1.54, 1.807) is 0 Å². The Kier molecular flexibility index (Phi) is 26.5. The van der Waals surface area contributed by atoms with E-state index in [2.05, 4.69) is 150 Å². The summed E-state index contributed by atoms with van der Waals surface area (Å²) in [4.78, 5) is 0. The van der Waals surface area contributed by atoms with Crippen LogP contribution in [0.4, 0.5) is 0 Å². The van der Waals surface area contributed by atoms with Gasteiger partial charge in [-0.3, -0.25) is 12.2 Å². The van der Waals surface area contributed by atoms with E-state index in [0.717, 1.165) is 6.42 Å². The number of hydrogen-bond acceptors (Lipinski definition) is 0. The minimum atomic E-state index is -0.826. The van der Waals surface area contributed by atoms with Crippen LogP contribution in [-0.2, 0) is 47.1 Å². The summed E-state index contributed by atoms with van der Waals surface area (Å²) in [5, 5.41) is 0. The van der Waals surface area contributed by atoms with Crippen LogP contribution in [0, 0.1) is 47.3 Å². The van der Waals surface area contributed by atoms with Gasteiger partial charge in [-0.25, -0.2) is 17.7 Å². The quantitative estimate of drug-likeness (QED) is 0.169. The summed E-state index contributed by atoms with van der Waals surface area (Å²) in [6.07, 6.45) is 13.4. The third-order valence-electron chi connectivity index (χ3n) is 9.25. The van der Waals surface area contributed by atoms with E-state index in [0.29, 0.717) is 11.8 Å². The van der Waals surface area contributed by atoms with Gasteiger partial charge in [0.15, 0.2) is 0 Å². The summed E-state index contributed by atoms with van der Waals surface area (Å²) in [6, 6.07) is 35.8. The van der Waals surface area contributed by atoms with Gasteiger partial charge in [0.2, 0.25) is 0 Å². The number of allylic oxidation sites excluding steroid dienone is 8. The zero-order chi connectivity index (χ0) is 31.3. The molecular formula is C45H50Cl4Zr2-5. The van der Waals surface area contributed by atoms with Gasteiger partial charge < -0.3 is 54.5 Å². The molecule has 4 aliphatic rings. The Morgan fingerprint density at radius 1 is 0.608 bits per heavy atom. The van der Waals surface area contributed by atoms with Gasteiger partial charge >= 0.3 is 64.1 Å². The van der Waals surface area contributed by atoms with Crippen LogP contribution in [0.15, 0.2) is 132 Å². The third-order valence-corrected chi connectivity index (χ3v) is 9.25. The monoisotopic (exact) mass is 910 g/mol. The summed E-state index contributed by atoms with van der Waals surface area (Å²) in [5.74, 6) is 0.763. The minimum Gasteiger partial charge on any atom is -0.0619 e. The first-order chi connectivity index (χ1) is 21.3. The Hall–Kier alpha value is -1.23. The van der Waals surface area contributed by atoms with Gasteiger partial charge in [0.25, 0.3) is 0 Å². The fraction of sp³-hybridized carbons (Fsp3) is 0.200. The molecular weight excluding hydrogens is 865 g/mol. The zero-order valence-corrected chi connectivity index (χ0v) is 39.3. The van der Waals surface area contributed by atoms with Crippen molar-refractivity contribution in [2.24, 2.45) is 5.41 Å². The molecule has 0 saturated heterocycles. The molecule has 4 aromatic carbocycles. The Morgan fingerprint density at radius 3 is 1.10 bits per heavy atom. The van der Waals surface area contributed by atoms with Gasteiger partial charge in [-0.05, 0) is 44.5 Å². The number of rotatable bonds is 1. The van der Waals surface area contributed by atoms with Crippen molar-refractivity contribution in [3.63, 3.8) is 0 Å². The average molecular weight is 915 g/mol. The Bertz CT molecular complexity index is 1570. The molecule has 0 bridgehead atoms. The molecule has 0 unspecified atom stereocenters. The van der Waals surface area contributed by atoms with E-state index in [9.17, 15) is 0 Å². The van der Waals surface area contributed by atoms with Crippen LogP contribution in [0.2, 0.25) is 0 Å². The molecule has 0 nitrogen and oxygen atoms in total. The number of halogens is 4. The molecule has 0 spiro atoms. The molecule has 0 saturated carbocycles. The topological polar surface area (TPSA) is 0 Å². The van der Waals surface area contributed by atoms with Crippen LogP contribution in [0.5, 0.6) is 0 Å². The van der Waals surface area contributed by atoms with E-state index in [4.69, 9.17) is 17.0 Å². The summed E-state index contributed by atoms with van der Waals surface area (Å²) in [5.41, 5.74) is 15.8. The van der Waals surface area contributed by atoms with Crippen LogP contribution in [0.1, 0.15) is 75.1 Å². The first-order valence-electron chi connectivity index (χ1n) is 15.1. The predicted octanol–water partition coefficient (Wildman–Crippen LogP) is 8.21. The summed E-state index contributed by atoms with van der Waals surface area (Å²) in [7, 11) is 9.87. The van der Waals surface area contributed by atoms with E-state index < -0.39 is 20.8 Å². The largest absolute Gasteiger partial charge is 3.00 e. The molecule has 0 amide bonds. The Labute approximate surface area is 361 Å². The average Bonchev–Trinajstić information content (AvgIpc) is 3.82. The van der Waals surface area contributed by atoms with Crippen molar-refractivity contribution < 1.29 is 71.9 Å². The molecule has 0 atom stereocenters. The van der Waals surface area contributed by atoms with Crippen molar-refractivity contribution in [3.05, 3.63) is 196 Å². The molecule has 0 fully saturated rings. The number of fused-ring (bicyclic) bond motifs is 6. The molecule has 51 heavy (non-hydrogen) atoms. The second kappa shape index (κ2) is 25.0. The van der Waals surface area contributed by atoms with Crippen LogP contribution < -0.4 is 24.8 Å². The first kappa shape index (κ1) is 54.1. The van der Waals surface area contributed by atoms with Crippen molar-refractivity contribution in [3.8, 4) is 22.3 Å². The summed E-state index contributed by atoms with van der Waals surface area (Å²) in [6.45, 7) is 10.9. The van der Waals surface area contributed by atoms with Gasteiger partial charge in [0.1, 0.15) is 0 Å². The van der Waals surface area contributed by atoms with Crippen molar-refractivity contribution >= 4 is 17.0 Å². The van der Waals surface area contributed by atoms with Crippen LogP contribution in [-0.4, -0.2) is 0 Å². The fourth-order valence-corrected chi connectivity index (χ4v) is 6.85. The van der Waals surface area contributed by atoms with E-state index >= 15 is 0 Å². The molecule has 1 radical (unpaired) electrons. The third kappa shape index (κ3) is 11.9. The molecule has 271 valence electrons. The Morgan fingerprint density at radius 2 is 0.922 bits per heavy atom. The van der Waals surface area contributed by atoms with E-state index in [1.807, 2.05) is 12.2 Å². The summed E-state index contributed by atoms with van der Waals surface area (Å²) >= 11 is -0.826. The van der Waals surface area contributed by atoms with Crippen molar-refractivity contribution in [2.45, 2.75) is 52.9 Å². The second-order valence-electron chi connectivity index (χ2n) is 12.0. The standard InChI is InChI=1S/C26H18.C10H15.C5H5.4CH3.4ClH.2Zr/c1-5-13-21-17(9-1)18-10-2-6-14-22(18)25(21)26-23-15-7-3-11-19(23)20-12-4-8-16-24(20)26;1-7-6-10(4,5)9(3)8(7)2;1-2-4-5-3-1;;;;;;;;;;/h1-16,25-26H;1-5H3;1-3H,4H2;4*1H3;4*1H;;/q;6*-1;;;;;+2;+3/p-4. The van der Waals surface area contributed by atoms with E-state index in [-0.39, 0.29) is 86.1 Å². The predicted molar refractivity (Wildman–Crippen MR) is 211 cm³/mol. The fourth-order valence-electron chi connectivity index (χ4n) is 6.85. The minimum absolute atomic E-state index is 0. The molecule has 0 aliphatic heterocycles. The summed E-state index contributed by atoms with van der Waals surface area (Å²) < 4.78 is 0. The van der Waals surface area contributed by atoms with Gasteiger partial charge in [0.05, 0.1) is 0 Å². The second-order valence-corrected chi connectivity index (χ2v) is 15.7. The smallest absolute Gasteiger partial charge is 0.0619 e. The zero-order valence-electron chi connectivity index (χ0n) is 31.3. The molecule has 0 heterocycles. The number of hydrogen-bond donors (Lipinski definition) is 0. The maximum Gasteiger partial charge on any atom is 3.00 e. The molecule has 4 aromatic rings. The van der Waals surface area contributed by atoms with Gasteiger partial charge in [-0.2, -0.15) is 17.2 Å². The van der Waals surface area contributed by atoms with Crippen LogP contribution in [0.3, 0.4) is 0 Å². The molecule has 0 aromatic heterocycles. The van der Waals surface area contributed by atoms with E-state index in [1.165, 1.54) is 61.2 Å². The van der Waals surface area contributed by atoms with Crippen molar-refractivity contribution in [1.29, 1.82) is 0 Å². The maximum absolute atomic E-state index is 4.93.